The highest BCUT2D eigenvalue weighted by molar-refractivity contribution is 7.99. The van der Waals surface area contributed by atoms with Gasteiger partial charge in [-0.3, -0.25) is 4.39 Å². The molecule has 0 spiro atoms. The van der Waals surface area contributed by atoms with Crippen molar-refractivity contribution in [1.29, 1.82) is 0 Å². The predicted molar refractivity (Wildman–Crippen MR) is 50.1 cm³/mol. The Labute approximate surface area is 79.8 Å². The molecule has 0 heterocycles. The van der Waals surface area contributed by atoms with E-state index in [1.807, 2.05) is 0 Å². The minimum absolute atomic E-state index is 0.237. The Morgan fingerprint density at radius 2 is 2.15 bits per heavy atom. The van der Waals surface area contributed by atoms with Gasteiger partial charge < -0.3 is 5.11 Å². The third-order valence-electron chi connectivity index (χ3n) is 1.45. The molecule has 0 atom stereocenters. The Morgan fingerprint density at radius 3 is 2.77 bits per heavy atom. The molecule has 1 aromatic rings. The monoisotopic (exact) mass is 200 g/mol. The number of halogens is 1. The Bertz CT molecular complexity index is 301. The molecule has 1 rings (SSSR count). The van der Waals surface area contributed by atoms with E-state index in [2.05, 4.69) is 0 Å². The Kier molecular flexibility index (Phi) is 3.76. The molecule has 0 bridgehead atoms. The fourth-order valence-corrected chi connectivity index (χ4v) is 1.70. The molecular weight excluding hydrogens is 191 g/mol. The van der Waals surface area contributed by atoms with E-state index in [-0.39, 0.29) is 5.56 Å². The van der Waals surface area contributed by atoms with Crippen LogP contribution >= 0.6 is 11.8 Å². The van der Waals surface area contributed by atoms with Gasteiger partial charge in [-0.25, -0.2) is 4.79 Å². The van der Waals surface area contributed by atoms with Crippen molar-refractivity contribution in [3.05, 3.63) is 29.8 Å². The Balaban J connectivity index is 2.84. The van der Waals surface area contributed by atoms with E-state index in [1.54, 1.807) is 18.2 Å². The van der Waals surface area contributed by atoms with E-state index in [1.165, 1.54) is 17.8 Å². The van der Waals surface area contributed by atoms with E-state index < -0.39 is 12.6 Å². The Hall–Kier alpha value is -1.03. The zero-order valence-electron chi connectivity index (χ0n) is 6.87. The maximum Gasteiger partial charge on any atom is 0.336 e. The average molecular weight is 200 g/mol. The lowest BCUT2D eigenvalue weighted by Crippen LogP contribution is -1.98. The van der Waals surface area contributed by atoms with E-state index in [4.69, 9.17) is 5.11 Å². The van der Waals surface area contributed by atoms with Gasteiger partial charge in [-0.1, -0.05) is 12.1 Å². The van der Waals surface area contributed by atoms with Crippen LogP contribution in [0.15, 0.2) is 29.2 Å². The van der Waals surface area contributed by atoms with Crippen LogP contribution in [0.5, 0.6) is 0 Å². The van der Waals surface area contributed by atoms with Crippen LogP contribution in [0.2, 0.25) is 0 Å². The first-order valence-corrected chi connectivity index (χ1v) is 4.75. The third kappa shape index (κ3) is 2.73. The molecule has 0 saturated heterocycles. The second-order valence-corrected chi connectivity index (χ2v) is 3.48. The van der Waals surface area contributed by atoms with E-state index in [0.29, 0.717) is 10.6 Å². The molecule has 0 aliphatic carbocycles. The molecule has 13 heavy (non-hydrogen) atoms. The number of hydrogen-bond donors (Lipinski definition) is 1. The van der Waals surface area contributed by atoms with Crippen LogP contribution in [0.1, 0.15) is 10.4 Å². The lowest BCUT2D eigenvalue weighted by molar-refractivity contribution is 0.0693. The molecule has 0 amide bonds. The molecular formula is C9H9FO2S. The zero-order chi connectivity index (χ0) is 9.68. The standard InChI is InChI=1S/C9H9FO2S/c10-5-6-13-8-4-2-1-3-7(8)9(11)12/h1-4H,5-6H2,(H,11,12). The molecule has 0 saturated carbocycles. The summed E-state index contributed by atoms with van der Waals surface area (Å²) in [6.45, 7) is -0.446. The van der Waals surface area contributed by atoms with Gasteiger partial charge in [0.15, 0.2) is 0 Å². The van der Waals surface area contributed by atoms with Crippen LogP contribution in [0, 0.1) is 0 Å². The van der Waals surface area contributed by atoms with Crippen molar-refractivity contribution in [1.82, 2.24) is 0 Å². The molecule has 0 radical (unpaired) electrons. The average Bonchev–Trinajstić information content (AvgIpc) is 2.15. The van der Waals surface area contributed by atoms with Crippen molar-refractivity contribution in [3.8, 4) is 0 Å². The van der Waals surface area contributed by atoms with Crippen LogP contribution in [0.4, 0.5) is 4.39 Å². The fraction of sp³-hybridized carbons (Fsp3) is 0.222. The number of carbonyl (C=O) groups is 1. The maximum atomic E-state index is 11.8. The molecule has 70 valence electrons. The maximum absolute atomic E-state index is 11.8. The predicted octanol–water partition coefficient (Wildman–Crippen LogP) is 2.45. The SMILES string of the molecule is O=C(O)c1ccccc1SCCF. The van der Waals surface area contributed by atoms with Crippen LogP contribution in [0.25, 0.3) is 0 Å². The largest absolute Gasteiger partial charge is 0.478 e. The summed E-state index contributed by atoms with van der Waals surface area (Å²) in [4.78, 5) is 11.3. The summed E-state index contributed by atoms with van der Waals surface area (Å²) in [6, 6.07) is 6.60. The van der Waals surface area contributed by atoms with Gasteiger partial charge in [0, 0.05) is 10.6 Å². The number of alkyl halides is 1. The molecule has 4 heteroatoms. The molecule has 0 unspecified atom stereocenters. The fourth-order valence-electron chi connectivity index (χ4n) is 0.918. The van der Waals surface area contributed by atoms with Crippen molar-refractivity contribution < 1.29 is 14.3 Å². The number of rotatable bonds is 4. The van der Waals surface area contributed by atoms with E-state index in [9.17, 15) is 9.18 Å². The van der Waals surface area contributed by atoms with Crippen molar-refractivity contribution in [3.63, 3.8) is 0 Å². The molecule has 0 fully saturated rings. The van der Waals surface area contributed by atoms with Crippen molar-refractivity contribution in [2.45, 2.75) is 4.90 Å². The topological polar surface area (TPSA) is 37.3 Å². The summed E-state index contributed by atoms with van der Waals surface area (Å²) in [7, 11) is 0. The summed E-state index contributed by atoms with van der Waals surface area (Å²) >= 11 is 1.22. The lowest BCUT2D eigenvalue weighted by atomic mass is 10.2. The lowest BCUT2D eigenvalue weighted by Gasteiger charge is -2.02. The number of benzene rings is 1. The van der Waals surface area contributed by atoms with Crippen LogP contribution < -0.4 is 0 Å². The second-order valence-electron chi connectivity index (χ2n) is 2.34. The molecule has 0 aromatic heterocycles. The van der Waals surface area contributed by atoms with Gasteiger partial charge >= 0.3 is 5.97 Å². The zero-order valence-corrected chi connectivity index (χ0v) is 7.68. The third-order valence-corrected chi connectivity index (χ3v) is 2.48. The molecule has 0 aliphatic rings. The first-order chi connectivity index (χ1) is 6.25. The Morgan fingerprint density at radius 1 is 1.46 bits per heavy atom. The first-order valence-electron chi connectivity index (χ1n) is 3.77. The van der Waals surface area contributed by atoms with E-state index >= 15 is 0 Å². The molecule has 2 nitrogen and oxygen atoms in total. The summed E-state index contributed by atoms with van der Waals surface area (Å²) in [5, 5.41) is 8.76. The number of hydrogen-bond acceptors (Lipinski definition) is 2. The first kappa shape index (κ1) is 10.1. The van der Waals surface area contributed by atoms with Crippen LogP contribution in [-0.4, -0.2) is 23.5 Å². The van der Waals surface area contributed by atoms with Gasteiger partial charge in [-0.15, -0.1) is 11.8 Å². The number of carboxylic acid groups (broad SMARTS) is 1. The van der Waals surface area contributed by atoms with Gasteiger partial charge in [-0.2, -0.15) is 0 Å². The summed E-state index contributed by atoms with van der Waals surface area (Å²) in [5.74, 6) is -0.674. The summed E-state index contributed by atoms with van der Waals surface area (Å²) < 4.78 is 11.8. The van der Waals surface area contributed by atoms with Gasteiger partial charge in [0.1, 0.15) is 0 Å². The highest BCUT2D eigenvalue weighted by Gasteiger charge is 2.08. The number of carboxylic acids is 1. The van der Waals surface area contributed by atoms with Crippen LogP contribution in [-0.2, 0) is 0 Å². The molecule has 1 aromatic carbocycles. The van der Waals surface area contributed by atoms with Gasteiger partial charge in [0.25, 0.3) is 0 Å². The summed E-state index contributed by atoms with van der Waals surface area (Å²) in [6.07, 6.45) is 0. The molecule has 1 N–H and O–H groups in total. The number of aromatic carboxylic acids is 1. The van der Waals surface area contributed by atoms with Gasteiger partial charge in [-0.05, 0) is 12.1 Å². The normalized spacial score (nSPS) is 9.92. The minimum atomic E-state index is -0.970. The minimum Gasteiger partial charge on any atom is -0.478 e. The quantitative estimate of drug-likeness (QED) is 0.758. The van der Waals surface area contributed by atoms with Crippen molar-refractivity contribution in [2.75, 3.05) is 12.4 Å². The van der Waals surface area contributed by atoms with E-state index in [0.717, 1.165) is 0 Å². The van der Waals surface area contributed by atoms with Crippen molar-refractivity contribution >= 4 is 17.7 Å². The number of thioether (sulfide) groups is 1. The smallest absolute Gasteiger partial charge is 0.336 e. The second kappa shape index (κ2) is 4.87. The van der Waals surface area contributed by atoms with Crippen LogP contribution in [0.3, 0.4) is 0 Å². The highest BCUT2D eigenvalue weighted by Crippen LogP contribution is 2.22. The van der Waals surface area contributed by atoms with Crippen molar-refractivity contribution in [2.24, 2.45) is 0 Å². The van der Waals surface area contributed by atoms with Gasteiger partial charge in [0.2, 0.25) is 0 Å². The van der Waals surface area contributed by atoms with Gasteiger partial charge in [0.05, 0.1) is 12.2 Å². The summed E-state index contributed by atoms with van der Waals surface area (Å²) in [5.41, 5.74) is 0.237. The molecule has 0 aliphatic heterocycles. The highest BCUT2D eigenvalue weighted by atomic mass is 32.2.